The van der Waals surface area contributed by atoms with Crippen LogP contribution in [-0.4, -0.2) is 5.78 Å². The Kier molecular flexibility index (Phi) is 2.79. The van der Waals surface area contributed by atoms with Crippen LogP contribution >= 0.6 is 22.7 Å². The maximum Gasteiger partial charge on any atom is 0.167 e. The Hall–Kier alpha value is -1.45. The minimum Gasteiger partial charge on any atom is -0.294 e. The molecular formula is C14H10OS2. The van der Waals surface area contributed by atoms with Crippen LogP contribution in [0.25, 0.3) is 9.40 Å². The minimum atomic E-state index is 0.191. The molecule has 1 nitrogen and oxygen atoms in total. The van der Waals surface area contributed by atoms with Gasteiger partial charge in [0.15, 0.2) is 5.78 Å². The first-order valence-electron chi connectivity index (χ1n) is 5.36. The van der Waals surface area contributed by atoms with E-state index in [1.165, 1.54) is 9.40 Å². The summed E-state index contributed by atoms with van der Waals surface area (Å²) in [4.78, 5) is 12.1. The van der Waals surface area contributed by atoms with Crippen molar-refractivity contribution in [3.05, 3.63) is 58.3 Å². The zero-order chi connectivity index (χ0) is 11.7. The van der Waals surface area contributed by atoms with Gasteiger partial charge in [-0.15, -0.1) is 22.7 Å². The van der Waals surface area contributed by atoms with E-state index >= 15 is 0 Å². The molecule has 0 spiro atoms. The quantitative estimate of drug-likeness (QED) is 0.637. The lowest BCUT2D eigenvalue weighted by Crippen LogP contribution is -2.02. The predicted molar refractivity (Wildman–Crippen MR) is 74.2 cm³/mol. The fourth-order valence-corrected chi connectivity index (χ4v) is 3.82. The normalized spacial score (nSPS) is 10.8. The number of carbonyl (C=O) groups is 1. The van der Waals surface area contributed by atoms with Crippen LogP contribution in [0.1, 0.15) is 15.9 Å². The van der Waals surface area contributed by atoms with E-state index in [0.717, 1.165) is 11.1 Å². The number of rotatable bonds is 3. The molecule has 0 saturated heterocycles. The van der Waals surface area contributed by atoms with Gasteiger partial charge in [0, 0.05) is 17.4 Å². The van der Waals surface area contributed by atoms with Crippen molar-refractivity contribution in [1.29, 1.82) is 0 Å². The summed E-state index contributed by atoms with van der Waals surface area (Å²) in [7, 11) is 0. The van der Waals surface area contributed by atoms with Crippen LogP contribution in [-0.2, 0) is 6.42 Å². The molecule has 0 unspecified atom stereocenters. The van der Waals surface area contributed by atoms with Gasteiger partial charge in [-0.25, -0.2) is 0 Å². The molecule has 0 bridgehead atoms. The van der Waals surface area contributed by atoms with Crippen LogP contribution in [0.4, 0.5) is 0 Å². The first kappa shape index (κ1) is 10.7. The van der Waals surface area contributed by atoms with Crippen LogP contribution in [0.5, 0.6) is 0 Å². The molecule has 0 aliphatic carbocycles. The van der Waals surface area contributed by atoms with Crippen molar-refractivity contribution >= 4 is 37.9 Å². The Bertz CT molecular complexity index is 649. The van der Waals surface area contributed by atoms with Crippen LogP contribution in [0.15, 0.2) is 47.2 Å². The van der Waals surface area contributed by atoms with Crippen molar-refractivity contribution < 1.29 is 4.79 Å². The maximum atomic E-state index is 12.1. The highest BCUT2D eigenvalue weighted by atomic mass is 32.2. The largest absolute Gasteiger partial charge is 0.294 e. The monoisotopic (exact) mass is 258 g/mol. The second-order valence-electron chi connectivity index (χ2n) is 3.85. The highest BCUT2D eigenvalue weighted by molar-refractivity contribution is 7.36. The number of carbonyl (C=O) groups excluding carboxylic acids is 1. The van der Waals surface area contributed by atoms with E-state index in [0.29, 0.717) is 6.42 Å². The topological polar surface area (TPSA) is 17.1 Å². The van der Waals surface area contributed by atoms with E-state index in [-0.39, 0.29) is 5.78 Å². The van der Waals surface area contributed by atoms with Gasteiger partial charge in [0.2, 0.25) is 0 Å². The molecule has 2 aromatic heterocycles. The second kappa shape index (κ2) is 4.43. The first-order valence-corrected chi connectivity index (χ1v) is 7.12. The van der Waals surface area contributed by atoms with Crippen LogP contribution < -0.4 is 0 Å². The summed E-state index contributed by atoms with van der Waals surface area (Å²) in [6.45, 7) is 0. The van der Waals surface area contributed by atoms with E-state index in [9.17, 15) is 4.79 Å². The van der Waals surface area contributed by atoms with Crippen LogP contribution in [0.2, 0.25) is 0 Å². The SMILES string of the molecule is O=C(Cc1csc2sccc12)c1ccccc1. The van der Waals surface area contributed by atoms with Gasteiger partial charge in [-0.05, 0) is 22.4 Å². The van der Waals surface area contributed by atoms with Crippen LogP contribution in [0.3, 0.4) is 0 Å². The molecule has 0 aliphatic rings. The number of benzene rings is 1. The predicted octanol–water partition coefficient (Wildman–Crippen LogP) is 4.39. The number of Topliss-reactive ketones (excluding diaryl/α,β-unsaturated/α-hetero) is 1. The average Bonchev–Trinajstić information content (AvgIpc) is 2.95. The Morgan fingerprint density at radius 1 is 1.06 bits per heavy atom. The molecule has 2 heterocycles. The molecule has 0 fully saturated rings. The summed E-state index contributed by atoms with van der Waals surface area (Å²) >= 11 is 3.46. The summed E-state index contributed by atoms with van der Waals surface area (Å²) in [5.74, 6) is 0.191. The van der Waals surface area contributed by atoms with Gasteiger partial charge in [-0.3, -0.25) is 4.79 Å². The number of ketones is 1. The van der Waals surface area contributed by atoms with Crippen molar-refractivity contribution in [2.75, 3.05) is 0 Å². The molecule has 84 valence electrons. The van der Waals surface area contributed by atoms with E-state index in [2.05, 4.69) is 16.8 Å². The van der Waals surface area contributed by atoms with Crippen molar-refractivity contribution in [3.8, 4) is 0 Å². The lowest BCUT2D eigenvalue weighted by Gasteiger charge is -1.99. The Morgan fingerprint density at radius 3 is 2.71 bits per heavy atom. The maximum absolute atomic E-state index is 12.1. The lowest BCUT2D eigenvalue weighted by molar-refractivity contribution is 0.0993. The fourth-order valence-electron chi connectivity index (χ4n) is 1.85. The summed E-state index contributed by atoms with van der Waals surface area (Å²) in [6.07, 6.45) is 0.501. The Labute approximate surface area is 107 Å². The number of thiophene rings is 2. The molecule has 1 aromatic carbocycles. The van der Waals surface area contributed by atoms with Gasteiger partial charge < -0.3 is 0 Å². The third-order valence-electron chi connectivity index (χ3n) is 2.73. The number of fused-ring (bicyclic) bond motifs is 1. The van der Waals surface area contributed by atoms with E-state index in [1.807, 2.05) is 30.3 Å². The lowest BCUT2D eigenvalue weighted by atomic mass is 10.0. The summed E-state index contributed by atoms with van der Waals surface area (Å²) in [5, 5.41) is 5.42. The Balaban J connectivity index is 1.89. The van der Waals surface area contributed by atoms with Gasteiger partial charge in [-0.1, -0.05) is 30.3 Å². The molecule has 3 heteroatoms. The Morgan fingerprint density at radius 2 is 1.88 bits per heavy atom. The molecule has 0 N–H and O–H groups in total. The van der Waals surface area contributed by atoms with Gasteiger partial charge in [-0.2, -0.15) is 0 Å². The standard InChI is InChI=1S/C14H10OS2/c15-13(10-4-2-1-3-5-10)8-11-9-17-14-12(11)6-7-16-14/h1-7,9H,8H2. The molecule has 0 radical (unpaired) electrons. The summed E-state index contributed by atoms with van der Waals surface area (Å²) < 4.78 is 1.31. The smallest absolute Gasteiger partial charge is 0.167 e. The van der Waals surface area contributed by atoms with Crippen molar-refractivity contribution in [1.82, 2.24) is 0 Å². The highest BCUT2D eigenvalue weighted by Crippen LogP contribution is 2.31. The molecule has 0 atom stereocenters. The number of hydrogen-bond donors (Lipinski definition) is 0. The van der Waals surface area contributed by atoms with E-state index in [1.54, 1.807) is 22.7 Å². The second-order valence-corrected chi connectivity index (χ2v) is 5.90. The zero-order valence-electron chi connectivity index (χ0n) is 9.05. The van der Waals surface area contributed by atoms with Crippen molar-refractivity contribution in [3.63, 3.8) is 0 Å². The van der Waals surface area contributed by atoms with Gasteiger partial charge in [0.25, 0.3) is 0 Å². The zero-order valence-corrected chi connectivity index (χ0v) is 10.7. The van der Waals surface area contributed by atoms with Crippen molar-refractivity contribution in [2.45, 2.75) is 6.42 Å². The minimum absolute atomic E-state index is 0.191. The first-order chi connectivity index (χ1) is 8.34. The third-order valence-corrected chi connectivity index (χ3v) is 4.85. The summed E-state index contributed by atoms with van der Waals surface area (Å²) in [5.41, 5.74) is 1.95. The van der Waals surface area contributed by atoms with Crippen LogP contribution in [0, 0.1) is 0 Å². The summed E-state index contributed by atoms with van der Waals surface area (Å²) in [6, 6.07) is 11.6. The highest BCUT2D eigenvalue weighted by Gasteiger charge is 2.11. The molecule has 0 saturated carbocycles. The van der Waals surface area contributed by atoms with Gasteiger partial charge >= 0.3 is 0 Å². The van der Waals surface area contributed by atoms with E-state index in [4.69, 9.17) is 0 Å². The molecular weight excluding hydrogens is 248 g/mol. The van der Waals surface area contributed by atoms with Gasteiger partial charge in [0.1, 0.15) is 0 Å². The molecule has 17 heavy (non-hydrogen) atoms. The molecule has 3 rings (SSSR count). The third kappa shape index (κ3) is 2.04. The van der Waals surface area contributed by atoms with Crippen molar-refractivity contribution in [2.24, 2.45) is 0 Å². The number of hydrogen-bond acceptors (Lipinski definition) is 3. The molecule has 0 amide bonds. The average molecular weight is 258 g/mol. The molecule has 3 aromatic rings. The molecule has 0 aliphatic heterocycles. The fraction of sp³-hybridized carbons (Fsp3) is 0.0714. The van der Waals surface area contributed by atoms with E-state index < -0.39 is 0 Å². The van der Waals surface area contributed by atoms with Gasteiger partial charge in [0.05, 0.1) is 4.01 Å².